The Hall–Kier alpha value is -3.72. The van der Waals surface area contributed by atoms with E-state index in [4.69, 9.17) is 16.6 Å². The average molecular weight is 652 g/mol. The predicted octanol–water partition coefficient (Wildman–Crippen LogP) is 0.942. The number of aliphatic imine (C=N–C) groups is 1. The smallest absolute Gasteiger partial charge is 0.322 e. The Balaban J connectivity index is 2.32. The summed E-state index contributed by atoms with van der Waals surface area (Å²) in [7, 11) is -4.13. The predicted molar refractivity (Wildman–Crippen MR) is 171 cm³/mol. The van der Waals surface area contributed by atoms with Gasteiger partial charge >= 0.3 is 5.97 Å². The zero-order chi connectivity index (χ0) is 33.8. The van der Waals surface area contributed by atoms with E-state index in [1.54, 1.807) is 12.1 Å². The third kappa shape index (κ3) is 12.0. The molecule has 0 aromatic heterocycles. The lowest BCUT2D eigenvalue weighted by Crippen LogP contribution is -2.59. The number of carbonyl (C=O) groups excluding carboxylic acids is 3. The first-order valence-corrected chi connectivity index (χ1v) is 16.8. The van der Waals surface area contributed by atoms with E-state index >= 15 is 0 Å². The van der Waals surface area contributed by atoms with Gasteiger partial charge in [0.15, 0.2) is 5.96 Å². The Labute approximate surface area is 265 Å². The van der Waals surface area contributed by atoms with Crippen molar-refractivity contribution < 1.29 is 32.7 Å². The lowest BCUT2D eigenvalue weighted by atomic mass is 9.87. The number of benzene rings is 1. The summed E-state index contributed by atoms with van der Waals surface area (Å²) in [5.74, 6) is -3.11. The Bertz CT molecular complexity index is 1310. The highest BCUT2D eigenvalue weighted by molar-refractivity contribution is 7.89. The van der Waals surface area contributed by atoms with E-state index in [0.717, 1.165) is 12.0 Å². The van der Waals surface area contributed by atoms with Crippen LogP contribution in [0, 0.1) is 0 Å². The number of unbranched alkanes of at least 4 members (excludes halogenated alkanes) is 1. The third-order valence-electron chi connectivity index (χ3n) is 7.55. The zero-order valence-electron chi connectivity index (χ0n) is 26.7. The van der Waals surface area contributed by atoms with Crippen LogP contribution in [0.2, 0.25) is 0 Å². The van der Waals surface area contributed by atoms with Gasteiger partial charge in [-0.05, 0) is 61.6 Å². The number of nitrogens with two attached hydrogens (primary N) is 2. The van der Waals surface area contributed by atoms with Gasteiger partial charge in [-0.25, -0.2) is 8.42 Å². The number of aliphatic carboxylic acids is 1. The van der Waals surface area contributed by atoms with Gasteiger partial charge in [0.2, 0.25) is 27.7 Å². The van der Waals surface area contributed by atoms with E-state index in [2.05, 4.69) is 20.3 Å². The topological polar surface area (TPSA) is 226 Å². The van der Waals surface area contributed by atoms with Gasteiger partial charge in [-0.2, -0.15) is 4.72 Å². The van der Waals surface area contributed by atoms with Gasteiger partial charge in [0.25, 0.3) is 0 Å². The van der Waals surface area contributed by atoms with Gasteiger partial charge in [-0.1, -0.05) is 52.7 Å². The zero-order valence-corrected chi connectivity index (χ0v) is 27.5. The van der Waals surface area contributed by atoms with Gasteiger partial charge in [-0.3, -0.25) is 24.2 Å². The quantitative estimate of drug-likeness (QED) is 0.0848. The fourth-order valence-electron chi connectivity index (χ4n) is 5.02. The number of piperidine rings is 1. The number of carbonyl (C=O) groups is 4. The van der Waals surface area contributed by atoms with Gasteiger partial charge in [0.1, 0.15) is 24.7 Å². The number of amides is 3. The maximum atomic E-state index is 14.0. The minimum Gasteiger partial charge on any atom is -0.480 e. The van der Waals surface area contributed by atoms with Crippen LogP contribution in [-0.4, -0.2) is 85.8 Å². The highest BCUT2D eigenvalue weighted by Gasteiger charge is 2.38. The summed E-state index contributed by atoms with van der Waals surface area (Å²) in [5.41, 5.74) is 11.6. The average Bonchev–Trinajstić information content (AvgIpc) is 2.98. The van der Waals surface area contributed by atoms with Crippen LogP contribution in [-0.2, 0) is 34.6 Å². The first kappa shape index (κ1) is 37.5. The fourth-order valence-corrected chi connectivity index (χ4v) is 6.25. The molecule has 15 heteroatoms. The fraction of sp³-hybridized carbons (Fsp3) is 0.633. The first-order chi connectivity index (χ1) is 21.1. The molecule has 1 aliphatic rings. The Morgan fingerprint density at radius 1 is 1.04 bits per heavy atom. The second kappa shape index (κ2) is 17.1. The van der Waals surface area contributed by atoms with Crippen LogP contribution in [0.5, 0.6) is 0 Å². The van der Waals surface area contributed by atoms with E-state index in [1.807, 2.05) is 27.7 Å². The molecule has 1 aliphatic heterocycles. The van der Waals surface area contributed by atoms with Crippen LogP contribution < -0.4 is 26.8 Å². The van der Waals surface area contributed by atoms with Crippen molar-refractivity contribution >= 4 is 39.7 Å². The highest BCUT2D eigenvalue weighted by atomic mass is 32.2. The molecule has 1 saturated heterocycles. The number of likely N-dealkylation sites (tertiary alicyclic amines) is 1. The number of nitrogens with one attached hydrogen (secondary N) is 3. The maximum absolute atomic E-state index is 14.0. The second-order valence-electron chi connectivity index (χ2n) is 12.3. The lowest BCUT2D eigenvalue weighted by molar-refractivity contribution is -0.144. The summed E-state index contributed by atoms with van der Waals surface area (Å²) in [6.07, 6.45) is 3.56. The molecule has 0 saturated carbocycles. The van der Waals surface area contributed by atoms with Crippen molar-refractivity contribution in [3.8, 4) is 0 Å². The molecule has 252 valence electrons. The number of sulfonamides is 1. The minimum atomic E-state index is -4.13. The van der Waals surface area contributed by atoms with Crippen LogP contribution in [0.3, 0.4) is 0 Å². The van der Waals surface area contributed by atoms with Crippen LogP contribution in [0.25, 0.3) is 0 Å². The molecule has 0 unspecified atom stereocenters. The second-order valence-corrected chi connectivity index (χ2v) is 14.0. The monoisotopic (exact) mass is 651 g/mol. The largest absolute Gasteiger partial charge is 0.480 e. The van der Waals surface area contributed by atoms with Gasteiger partial charge in [-0.15, -0.1) is 0 Å². The first-order valence-electron chi connectivity index (χ1n) is 15.4. The molecule has 1 fully saturated rings. The standard InChI is InChI=1S/C30H49N7O7S/c1-5-6-10-22(26(40)34-19-25(38)39)35-27(41)24-12-7-8-18-37(24)28(42)23(11-9-17-33-29(31)32)36-45(43,44)21-15-13-20(14-16-21)30(2,3)4/h13-16,22-24,36H,5-12,17-19H2,1-4H3,(H,34,40)(H,35,41)(H,38,39)(H4,31,32,33)/t22-,23-,24+/m0/s1. The summed E-state index contributed by atoms with van der Waals surface area (Å²) in [5, 5.41) is 13.9. The SMILES string of the molecule is CCCC[C@H](NC(=O)[C@H]1CCCCN1C(=O)[C@H](CCCN=C(N)N)NS(=O)(=O)c1ccc(C(C)(C)C)cc1)C(=O)NCC(=O)O. The molecular formula is C30H49N7O7S. The Morgan fingerprint density at radius 3 is 2.27 bits per heavy atom. The molecule has 1 aromatic carbocycles. The summed E-state index contributed by atoms with van der Waals surface area (Å²) < 4.78 is 29.5. The van der Waals surface area contributed by atoms with E-state index in [9.17, 15) is 27.6 Å². The minimum absolute atomic E-state index is 0.00315. The molecule has 0 bridgehead atoms. The summed E-state index contributed by atoms with van der Waals surface area (Å²) in [6, 6.07) is 3.31. The molecule has 0 spiro atoms. The molecule has 3 atom stereocenters. The van der Waals surface area contributed by atoms with Crippen LogP contribution in [0.15, 0.2) is 34.2 Å². The molecule has 3 amide bonds. The molecule has 14 nitrogen and oxygen atoms in total. The molecule has 2 rings (SSSR count). The molecule has 45 heavy (non-hydrogen) atoms. The number of carboxylic acid groups (broad SMARTS) is 1. The van der Waals surface area contributed by atoms with Crippen molar-refractivity contribution in [1.29, 1.82) is 0 Å². The Morgan fingerprint density at radius 2 is 1.69 bits per heavy atom. The van der Waals surface area contributed by atoms with Crippen molar-refractivity contribution in [3.05, 3.63) is 29.8 Å². The van der Waals surface area contributed by atoms with E-state index in [0.29, 0.717) is 25.7 Å². The van der Waals surface area contributed by atoms with Crippen LogP contribution in [0.1, 0.15) is 84.6 Å². The molecule has 0 radical (unpaired) electrons. The molecule has 1 heterocycles. The number of guanidine groups is 1. The van der Waals surface area contributed by atoms with Gasteiger partial charge in [0.05, 0.1) is 4.90 Å². The van der Waals surface area contributed by atoms with Crippen molar-refractivity contribution in [2.75, 3.05) is 19.6 Å². The number of rotatable bonds is 16. The lowest BCUT2D eigenvalue weighted by Gasteiger charge is -2.37. The van der Waals surface area contributed by atoms with Crippen molar-refractivity contribution in [2.45, 2.75) is 107 Å². The number of carboxylic acids is 1. The van der Waals surface area contributed by atoms with Gasteiger partial charge < -0.3 is 32.1 Å². The number of hydrogen-bond acceptors (Lipinski definition) is 7. The van der Waals surface area contributed by atoms with E-state index < -0.39 is 58.4 Å². The maximum Gasteiger partial charge on any atom is 0.322 e. The van der Waals surface area contributed by atoms with Crippen LogP contribution in [0.4, 0.5) is 0 Å². The summed E-state index contributed by atoms with van der Waals surface area (Å²) in [4.78, 5) is 56.4. The van der Waals surface area contributed by atoms with Crippen molar-refractivity contribution in [2.24, 2.45) is 16.5 Å². The van der Waals surface area contributed by atoms with E-state index in [-0.39, 0.29) is 48.6 Å². The van der Waals surface area contributed by atoms with Gasteiger partial charge in [0, 0.05) is 13.1 Å². The van der Waals surface area contributed by atoms with E-state index in [1.165, 1.54) is 17.0 Å². The highest BCUT2D eigenvalue weighted by Crippen LogP contribution is 2.24. The Kier molecular flexibility index (Phi) is 14.2. The molecule has 1 aromatic rings. The molecular weight excluding hydrogens is 602 g/mol. The summed E-state index contributed by atoms with van der Waals surface area (Å²) >= 11 is 0. The third-order valence-corrected chi connectivity index (χ3v) is 9.04. The molecule has 8 N–H and O–H groups in total. The normalized spacial score (nSPS) is 16.7. The molecule has 0 aliphatic carbocycles. The summed E-state index contributed by atoms with van der Waals surface area (Å²) in [6.45, 7) is 7.75. The number of hydrogen-bond donors (Lipinski definition) is 6. The van der Waals surface area contributed by atoms with Crippen LogP contribution >= 0.6 is 0 Å². The number of nitrogens with zero attached hydrogens (tertiary/aromatic N) is 2. The van der Waals surface area contributed by atoms with Crippen molar-refractivity contribution in [1.82, 2.24) is 20.3 Å². The van der Waals surface area contributed by atoms with Crippen molar-refractivity contribution in [3.63, 3.8) is 0 Å².